The molecule has 0 radical (unpaired) electrons. The predicted molar refractivity (Wildman–Crippen MR) is 70.5 cm³/mol. The van der Waals surface area contributed by atoms with Crippen LogP contribution in [0.3, 0.4) is 0 Å². The molecular formula is C16H24O3. The normalized spacial score (nSPS) is 58.2. The average Bonchev–Trinajstić information content (AvgIpc) is 2.93. The molecule has 5 fully saturated rings. The van der Waals surface area contributed by atoms with Gasteiger partial charge < -0.3 is 9.47 Å². The number of esters is 1. The fourth-order valence-electron chi connectivity index (χ4n) is 6.12. The molecular weight excluding hydrogens is 240 g/mol. The van der Waals surface area contributed by atoms with Crippen molar-refractivity contribution in [3.63, 3.8) is 0 Å². The van der Waals surface area contributed by atoms with Crippen LogP contribution in [0.25, 0.3) is 0 Å². The van der Waals surface area contributed by atoms with Crippen LogP contribution < -0.4 is 0 Å². The summed E-state index contributed by atoms with van der Waals surface area (Å²) in [6.45, 7) is 4.09. The Morgan fingerprint density at radius 2 is 1.53 bits per heavy atom. The third-order valence-electron chi connectivity index (χ3n) is 6.90. The van der Waals surface area contributed by atoms with Crippen molar-refractivity contribution in [2.24, 2.45) is 23.2 Å². The molecule has 5 rings (SSSR count). The summed E-state index contributed by atoms with van der Waals surface area (Å²) in [4.78, 5) is 12.1. The van der Waals surface area contributed by atoms with Crippen LogP contribution in [0.2, 0.25) is 0 Å². The molecule has 0 N–H and O–H groups in total. The van der Waals surface area contributed by atoms with Gasteiger partial charge >= 0.3 is 5.97 Å². The van der Waals surface area contributed by atoms with Gasteiger partial charge in [0.2, 0.25) is 0 Å². The minimum atomic E-state index is -0.701. The van der Waals surface area contributed by atoms with Crippen molar-refractivity contribution in [2.75, 3.05) is 7.11 Å². The Morgan fingerprint density at radius 3 is 1.95 bits per heavy atom. The molecule has 0 aromatic carbocycles. The van der Waals surface area contributed by atoms with E-state index in [1.807, 2.05) is 6.92 Å². The van der Waals surface area contributed by atoms with Crippen LogP contribution in [0.5, 0.6) is 0 Å². The van der Waals surface area contributed by atoms with Crippen molar-refractivity contribution in [2.45, 2.75) is 63.6 Å². The summed E-state index contributed by atoms with van der Waals surface area (Å²) >= 11 is 0. The van der Waals surface area contributed by atoms with Crippen molar-refractivity contribution < 1.29 is 14.3 Å². The first-order chi connectivity index (χ1) is 8.92. The van der Waals surface area contributed by atoms with Crippen LogP contribution in [0.15, 0.2) is 0 Å². The van der Waals surface area contributed by atoms with Crippen molar-refractivity contribution in [1.29, 1.82) is 0 Å². The Bertz CT molecular complexity index is 408. The largest absolute Gasteiger partial charge is 0.467 e. The lowest BCUT2D eigenvalue weighted by molar-refractivity contribution is -0.146. The molecule has 0 spiro atoms. The van der Waals surface area contributed by atoms with Gasteiger partial charge in [-0.2, -0.15) is 0 Å². The third-order valence-corrected chi connectivity index (χ3v) is 6.90. The van der Waals surface area contributed by atoms with Gasteiger partial charge in [-0.3, -0.25) is 0 Å². The standard InChI is InChI=1S/C16H24O3/c1-14(13(17)18-3)15(2,19-14)16-7-10-4-11(8-16)6-12(5-10)9-16/h10-12H,4-9H2,1-3H3. The third kappa shape index (κ3) is 1.30. The zero-order valence-electron chi connectivity index (χ0n) is 12.2. The van der Waals surface area contributed by atoms with Gasteiger partial charge in [-0.25, -0.2) is 4.79 Å². The average molecular weight is 264 g/mol. The van der Waals surface area contributed by atoms with E-state index in [1.54, 1.807) is 0 Å². The molecule has 19 heavy (non-hydrogen) atoms. The second-order valence-electron chi connectivity index (χ2n) is 7.86. The summed E-state index contributed by atoms with van der Waals surface area (Å²) < 4.78 is 11.0. The molecule has 4 saturated carbocycles. The second kappa shape index (κ2) is 3.36. The molecule has 4 aliphatic carbocycles. The highest BCUT2D eigenvalue weighted by atomic mass is 16.7. The molecule has 1 heterocycles. The van der Waals surface area contributed by atoms with Crippen LogP contribution in [-0.4, -0.2) is 24.3 Å². The van der Waals surface area contributed by atoms with E-state index < -0.39 is 5.60 Å². The number of rotatable bonds is 2. The number of carbonyl (C=O) groups excluding carboxylic acids is 1. The summed E-state index contributed by atoms with van der Waals surface area (Å²) in [7, 11) is 1.47. The number of epoxide rings is 1. The lowest BCUT2D eigenvalue weighted by atomic mass is 9.45. The summed E-state index contributed by atoms with van der Waals surface area (Å²) in [5, 5.41) is 0. The van der Waals surface area contributed by atoms with Crippen molar-refractivity contribution in [1.82, 2.24) is 0 Å². The maximum absolute atomic E-state index is 12.1. The van der Waals surface area contributed by atoms with Gasteiger partial charge in [-0.1, -0.05) is 0 Å². The molecule has 5 aliphatic rings. The van der Waals surface area contributed by atoms with Crippen LogP contribution in [0.1, 0.15) is 52.4 Å². The monoisotopic (exact) mass is 264 g/mol. The Kier molecular flexibility index (Phi) is 2.16. The van der Waals surface area contributed by atoms with Gasteiger partial charge in [0.15, 0.2) is 5.60 Å². The van der Waals surface area contributed by atoms with Crippen LogP contribution in [0, 0.1) is 23.2 Å². The number of hydrogen-bond acceptors (Lipinski definition) is 3. The summed E-state index contributed by atoms with van der Waals surface area (Å²) in [5.74, 6) is 2.46. The topological polar surface area (TPSA) is 38.8 Å². The molecule has 4 bridgehead atoms. The summed E-state index contributed by atoms with van der Waals surface area (Å²) in [5.41, 5.74) is -0.749. The lowest BCUT2D eigenvalue weighted by Gasteiger charge is -2.58. The van der Waals surface area contributed by atoms with Gasteiger partial charge in [0.25, 0.3) is 0 Å². The first kappa shape index (κ1) is 12.2. The smallest absolute Gasteiger partial charge is 0.340 e. The van der Waals surface area contributed by atoms with E-state index in [2.05, 4.69) is 6.92 Å². The number of hydrogen-bond donors (Lipinski definition) is 0. The Balaban J connectivity index is 1.68. The second-order valence-corrected chi connectivity index (χ2v) is 7.86. The number of ether oxygens (including phenoxy) is 2. The predicted octanol–water partition coefficient (Wildman–Crippen LogP) is 2.92. The maximum Gasteiger partial charge on any atom is 0.340 e. The first-order valence-corrected chi connectivity index (χ1v) is 7.71. The first-order valence-electron chi connectivity index (χ1n) is 7.71. The summed E-state index contributed by atoms with van der Waals surface area (Å²) in [6, 6.07) is 0. The lowest BCUT2D eigenvalue weighted by Crippen LogP contribution is -2.55. The molecule has 3 nitrogen and oxygen atoms in total. The molecule has 2 unspecified atom stereocenters. The fourth-order valence-corrected chi connectivity index (χ4v) is 6.12. The van der Waals surface area contributed by atoms with E-state index in [-0.39, 0.29) is 17.0 Å². The molecule has 106 valence electrons. The van der Waals surface area contributed by atoms with E-state index in [0.29, 0.717) is 0 Å². The van der Waals surface area contributed by atoms with E-state index in [9.17, 15) is 4.79 Å². The molecule has 2 atom stereocenters. The van der Waals surface area contributed by atoms with Gasteiger partial charge in [-0.15, -0.1) is 0 Å². The van der Waals surface area contributed by atoms with Crippen LogP contribution >= 0.6 is 0 Å². The van der Waals surface area contributed by atoms with Gasteiger partial charge in [0.1, 0.15) is 5.60 Å². The molecule has 0 aromatic heterocycles. The van der Waals surface area contributed by atoms with Gasteiger partial charge in [-0.05, 0) is 70.1 Å². The molecule has 1 aliphatic heterocycles. The molecule has 1 saturated heterocycles. The van der Waals surface area contributed by atoms with Crippen molar-refractivity contribution >= 4 is 5.97 Å². The quantitative estimate of drug-likeness (QED) is 0.568. The molecule has 0 amide bonds. The molecule has 0 aromatic rings. The van der Waals surface area contributed by atoms with Gasteiger partial charge in [0.05, 0.1) is 7.11 Å². The van der Waals surface area contributed by atoms with Crippen LogP contribution in [-0.2, 0) is 14.3 Å². The Labute approximate surface area is 115 Å². The van der Waals surface area contributed by atoms with Crippen molar-refractivity contribution in [3.05, 3.63) is 0 Å². The van der Waals surface area contributed by atoms with E-state index in [0.717, 1.165) is 17.8 Å². The van der Waals surface area contributed by atoms with Crippen LogP contribution in [0.4, 0.5) is 0 Å². The highest BCUT2D eigenvalue weighted by molar-refractivity contribution is 5.84. The SMILES string of the molecule is COC(=O)C1(C)OC1(C)C12CC3CC(CC(C3)C1)C2. The minimum Gasteiger partial charge on any atom is -0.467 e. The fraction of sp³-hybridized carbons (Fsp3) is 0.938. The highest BCUT2D eigenvalue weighted by Gasteiger charge is 2.79. The van der Waals surface area contributed by atoms with Gasteiger partial charge in [0, 0.05) is 5.41 Å². The number of carbonyl (C=O) groups is 1. The van der Waals surface area contributed by atoms with E-state index in [4.69, 9.17) is 9.47 Å². The Morgan fingerprint density at radius 1 is 1.05 bits per heavy atom. The minimum absolute atomic E-state index is 0.189. The number of methoxy groups -OCH3 is 1. The summed E-state index contributed by atoms with van der Waals surface area (Å²) in [6.07, 6.45) is 8.06. The highest BCUT2D eigenvalue weighted by Crippen LogP contribution is 2.71. The van der Waals surface area contributed by atoms with Crippen molar-refractivity contribution in [3.8, 4) is 0 Å². The zero-order valence-corrected chi connectivity index (χ0v) is 12.2. The van der Waals surface area contributed by atoms with E-state index >= 15 is 0 Å². The molecule has 3 heteroatoms. The zero-order chi connectivity index (χ0) is 13.5. The maximum atomic E-state index is 12.1. The Hall–Kier alpha value is -0.570. The van der Waals surface area contributed by atoms with E-state index in [1.165, 1.54) is 45.6 Å².